The molecule has 0 radical (unpaired) electrons. The van der Waals surface area contributed by atoms with Crippen molar-refractivity contribution in [2.75, 3.05) is 12.4 Å². The fourth-order valence-electron chi connectivity index (χ4n) is 2.88. The van der Waals surface area contributed by atoms with Gasteiger partial charge in [-0.05, 0) is 66.1 Å². The number of anilines is 1. The largest absolute Gasteiger partial charge is 0.493 e. The highest BCUT2D eigenvalue weighted by molar-refractivity contribution is 6.32. The van der Waals surface area contributed by atoms with Crippen LogP contribution < -0.4 is 14.8 Å². The Labute approximate surface area is 207 Å². The number of hydrogen-bond donors (Lipinski definition) is 1. The molecule has 0 saturated carbocycles. The van der Waals surface area contributed by atoms with Crippen LogP contribution >= 0.6 is 34.8 Å². The molecule has 0 aromatic heterocycles. The van der Waals surface area contributed by atoms with E-state index in [9.17, 15) is 10.1 Å². The van der Waals surface area contributed by atoms with Crippen molar-refractivity contribution in [2.24, 2.45) is 0 Å². The summed E-state index contributed by atoms with van der Waals surface area (Å²) in [4.78, 5) is 12.6. The van der Waals surface area contributed by atoms with Gasteiger partial charge in [-0.15, -0.1) is 0 Å². The summed E-state index contributed by atoms with van der Waals surface area (Å²) in [7, 11) is 1.48. The number of halogens is 3. The average molecular weight is 502 g/mol. The van der Waals surface area contributed by atoms with Gasteiger partial charge in [0.15, 0.2) is 11.5 Å². The van der Waals surface area contributed by atoms with E-state index >= 15 is 0 Å². The van der Waals surface area contributed by atoms with Crippen molar-refractivity contribution < 1.29 is 14.3 Å². The van der Waals surface area contributed by atoms with E-state index in [4.69, 9.17) is 44.3 Å². The highest BCUT2D eigenvalue weighted by atomic mass is 35.5. The molecule has 0 spiro atoms. The van der Waals surface area contributed by atoms with Crippen LogP contribution in [0.25, 0.3) is 6.08 Å². The highest BCUT2D eigenvalue weighted by Crippen LogP contribution is 2.37. The van der Waals surface area contributed by atoms with Crippen LogP contribution in [0.15, 0.2) is 60.2 Å². The summed E-state index contributed by atoms with van der Waals surface area (Å²) < 4.78 is 11.3. The quantitative estimate of drug-likeness (QED) is 0.277. The molecule has 5 nitrogen and oxygen atoms in total. The van der Waals surface area contributed by atoms with Crippen molar-refractivity contribution in [2.45, 2.75) is 13.5 Å². The van der Waals surface area contributed by atoms with Gasteiger partial charge < -0.3 is 14.8 Å². The molecule has 0 heterocycles. The maximum Gasteiger partial charge on any atom is 0.266 e. The maximum absolute atomic E-state index is 12.6. The van der Waals surface area contributed by atoms with Crippen molar-refractivity contribution >= 4 is 52.5 Å². The molecule has 0 saturated heterocycles. The number of nitrogens with zero attached hydrogens (tertiary/aromatic N) is 1. The molecule has 0 atom stereocenters. The van der Waals surface area contributed by atoms with E-state index in [0.717, 1.165) is 11.1 Å². The van der Waals surface area contributed by atoms with Gasteiger partial charge in [-0.1, -0.05) is 53.0 Å². The molecule has 0 bridgehead atoms. The fourth-order valence-corrected chi connectivity index (χ4v) is 3.46. The van der Waals surface area contributed by atoms with Gasteiger partial charge in [-0.25, -0.2) is 0 Å². The zero-order valence-electron chi connectivity index (χ0n) is 17.8. The molecule has 33 heavy (non-hydrogen) atoms. The number of carbonyl (C=O) groups is 1. The molecular formula is C25H19Cl3N2O3. The molecule has 0 aliphatic carbocycles. The lowest BCUT2D eigenvalue weighted by atomic mass is 10.1. The number of carbonyl (C=O) groups excluding carboxylic acids is 1. The van der Waals surface area contributed by atoms with E-state index in [1.807, 2.05) is 25.1 Å². The van der Waals surface area contributed by atoms with Crippen LogP contribution in [-0.2, 0) is 11.4 Å². The summed E-state index contributed by atoms with van der Waals surface area (Å²) in [6.07, 6.45) is 1.42. The van der Waals surface area contributed by atoms with Crippen LogP contribution in [0.5, 0.6) is 11.5 Å². The number of ether oxygens (including phenoxy) is 2. The topological polar surface area (TPSA) is 71.3 Å². The van der Waals surface area contributed by atoms with Crippen LogP contribution in [0.2, 0.25) is 15.1 Å². The van der Waals surface area contributed by atoms with Crippen molar-refractivity contribution in [3.05, 3.63) is 91.9 Å². The van der Waals surface area contributed by atoms with Crippen LogP contribution in [0.1, 0.15) is 16.7 Å². The number of benzene rings is 3. The molecule has 1 amide bonds. The Balaban J connectivity index is 1.81. The summed E-state index contributed by atoms with van der Waals surface area (Å²) >= 11 is 18.4. The van der Waals surface area contributed by atoms with Crippen molar-refractivity contribution in [3.8, 4) is 17.6 Å². The number of nitriles is 1. The molecule has 3 rings (SSSR count). The predicted octanol–water partition coefficient (Wildman–Crippen LogP) is 7.09. The van der Waals surface area contributed by atoms with Gasteiger partial charge in [-0.3, -0.25) is 4.79 Å². The average Bonchev–Trinajstić information content (AvgIpc) is 2.79. The van der Waals surface area contributed by atoms with Crippen LogP contribution in [0, 0.1) is 18.3 Å². The second-order valence-electron chi connectivity index (χ2n) is 7.04. The number of rotatable bonds is 7. The standard InChI is InChI=1S/C25H19Cl3N2O3/c1-15-3-8-20(12-21(15)27)30-25(31)18(13-29)9-17-10-22(28)24(23(11-17)32-2)33-14-16-4-6-19(26)7-5-16/h3-12H,14H2,1-2H3,(H,30,31)/b18-9-. The Hall–Kier alpha value is -3.17. The summed E-state index contributed by atoms with van der Waals surface area (Å²) in [6, 6.07) is 17.5. The minimum absolute atomic E-state index is 0.111. The van der Waals surface area contributed by atoms with Gasteiger partial charge >= 0.3 is 0 Å². The van der Waals surface area contributed by atoms with E-state index in [1.165, 1.54) is 13.2 Å². The summed E-state index contributed by atoms with van der Waals surface area (Å²) in [5, 5.41) is 13.6. The molecule has 0 unspecified atom stereocenters. The monoisotopic (exact) mass is 500 g/mol. The Morgan fingerprint density at radius 3 is 2.42 bits per heavy atom. The van der Waals surface area contributed by atoms with Crippen LogP contribution in [-0.4, -0.2) is 13.0 Å². The van der Waals surface area contributed by atoms with Gasteiger partial charge in [0.05, 0.1) is 12.1 Å². The van der Waals surface area contributed by atoms with E-state index < -0.39 is 5.91 Å². The first-order valence-electron chi connectivity index (χ1n) is 9.74. The second-order valence-corrected chi connectivity index (χ2v) is 8.29. The van der Waals surface area contributed by atoms with Crippen LogP contribution in [0.4, 0.5) is 5.69 Å². The Morgan fingerprint density at radius 2 is 1.79 bits per heavy atom. The molecule has 168 valence electrons. The van der Waals surface area contributed by atoms with Crippen LogP contribution in [0.3, 0.4) is 0 Å². The SMILES string of the molecule is COc1cc(/C=C(/C#N)C(=O)Nc2ccc(C)c(Cl)c2)cc(Cl)c1OCc1ccc(Cl)cc1. The molecule has 0 fully saturated rings. The number of aryl methyl sites for hydroxylation is 1. The van der Waals surface area contributed by atoms with Gasteiger partial charge in [0.1, 0.15) is 18.2 Å². The van der Waals surface area contributed by atoms with Gasteiger partial charge in [0, 0.05) is 15.7 Å². The Kier molecular flexibility index (Phi) is 8.24. The molecule has 3 aromatic carbocycles. The highest BCUT2D eigenvalue weighted by Gasteiger charge is 2.15. The van der Waals surface area contributed by atoms with Gasteiger partial charge in [-0.2, -0.15) is 5.26 Å². The molecule has 3 aromatic rings. The second kappa shape index (κ2) is 11.1. The zero-order chi connectivity index (χ0) is 24.0. The third-order valence-corrected chi connectivity index (χ3v) is 5.59. The minimum Gasteiger partial charge on any atom is -0.493 e. The molecule has 1 N–H and O–H groups in total. The molecule has 8 heteroatoms. The maximum atomic E-state index is 12.6. The van der Waals surface area contributed by atoms with Gasteiger partial charge in [0.25, 0.3) is 5.91 Å². The van der Waals surface area contributed by atoms with E-state index in [2.05, 4.69) is 5.32 Å². The first-order chi connectivity index (χ1) is 15.8. The Morgan fingerprint density at radius 1 is 1.06 bits per heavy atom. The Bertz CT molecular complexity index is 1250. The van der Waals surface area contributed by atoms with E-state index in [0.29, 0.717) is 32.8 Å². The van der Waals surface area contributed by atoms with Gasteiger partial charge in [0.2, 0.25) is 0 Å². The summed E-state index contributed by atoms with van der Waals surface area (Å²) in [5.41, 5.74) is 2.66. The van der Waals surface area contributed by atoms with Crippen molar-refractivity contribution in [3.63, 3.8) is 0 Å². The third kappa shape index (κ3) is 6.43. The van der Waals surface area contributed by atoms with E-state index in [-0.39, 0.29) is 17.2 Å². The third-order valence-electron chi connectivity index (χ3n) is 4.65. The fraction of sp³-hybridized carbons (Fsp3) is 0.120. The molecule has 0 aliphatic heterocycles. The lowest BCUT2D eigenvalue weighted by molar-refractivity contribution is -0.112. The summed E-state index contributed by atoms with van der Waals surface area (Å²) in [5.74, 6) is 0.143. The normalized spacial score (nSPS) is 11.0. The lowest BCUT2D eigenvalue weighted by Crippen LogP contribution is -2.13. The smallest absolute Gasteiger partial charge is 0.266 e. The zero-order valence-corrected chi connectivity index (χ0v) is 20.1. The minimum atomic E-state index is -0.574. The number of methoxy groups -OCH3 is 1. The first-order valence-corrected chi connectivity index (χ1v) is 10.9. The van der Waals surface area contributed by atoms with Crippen molar-refractivity contribution in [1.29, 1.82) is 5.26 Å². The number of hydrogen-bond acceptors (Lipinski definition) is 4. The first kappa shape index (κ1) is 24.5. The molecule has 0 aliphatic rings. The molecular weight excluding hydrogens is 483 g/mol. The number of nitrogens with one attached hydrogen (secondary N) is 1. The summed E-state index contributed by atoms with van der Waals surface area (Å²) in [6.45, 7) is 2.11. The number of amides is 1. The van der Waals surface area contributed by atoms with E-state index in [1.54, 1.807) is 42.5 Å². The lowest BCUT2D eigenvalue weighted by Gasteiger charge is -2.14. The predicted molar refractivity (Wildman–Crippen MR) is 132 cm³/mol. The van der Waals surface area contributed by atoms with Crippen molar-refractivity contribution in [1.82, 2.24) is 0 Å².